The van der Waals surface area contributed by atoms with Crippen LogP contribution in [-0.4, -0.2) is 59.1 Å². The van der Waals surface area contributed by atoms with Crippen molar-refractivity contribution in [1.29, 1.82) is 0 Å². The molecule has 0 bridgehead atoms. The van der Waals surface area contributed by atoms with Crippen LogP contribution in [0.4, 0.5) is 0 Å². The number of oxime groups is 1. The molecule has 7 nitrogen and oxygen atoms in total. The third-order valence-corrected chi connectivity index (χ3v) is 14.5. The van der Waals surface area contributed by atoms with Crippen LogP contribution in [0.15, 0.2) is 161 Å². The van der Waals surface area contributed by atoms with Gasteiger partial charge >= 0.3 is 0 Å². The Hall–Kier alpha value is -4.51. The van der Waals surface area contributed by atoms with Gasteiger partial charge in [-0.15, -0.1) is 30.1 Å². The zero-order valence-electron chi connectivity index (χ0n) is 34.8. The Labute approximate surface area is 369 Å². The molecule has 61 heavy (non-hydrogen) atoms. The predicted molar refractivity (Wildman–Crippen MR) is 249 cm³/mol. The molecule has 8 rings (SSSR count). The number of unbranched alkanes of at least 4 members (excludes halogenated alkanes) is 2. The second-order valence-electron chi connectivity index (χ2n) is 16.1. The molecule has 0 amide bonds. The van der Waals surface area contributed by atoms with E-state index in [1.165, 1.54) is 15.7 Å². The summed E-state index contributed by atoms with van der Waals surface area (Å²) in [5.74, 6) is 1.51. The SMILES string of the molecule is C=CCOC12Oc3ccc(OCCSc4ccccc4)cc3C3C(CCCCO)C(CCCCO)C=C(C(=NOCc4ccccc4)CC1Sc1ccc4ccccc4c1)C32. The Kier molecular flexibility index (Phi) is 14.9. The fraction of sp³-hybridized carbons (Fsp3) is 0.365. The summed E-state index contributed by atoms with van der Waals surface area (Å²) in [6, 6.07) is 42.0. The van der Waals surface area contributed by atoms with Crippen molar-refractivity contribution >= 4 is 40.0 Å². The number of hydrogen-bond acceptors (Lipinski definition) is 9. The highest BCUT2D eigenvalue weighted by Crippen LogP contribution is 2.63. The summed E-state index contributed by atoms with van der Waals surface area (Å²) in [5, 5.41) is 27.1. The van der Waals surface area contributed by atoms with Gasteiger partial charge in [-0.25, -0.2) is 0 Å². The van der Waals surface area contributed by atoms with E-state index in [9.17, 15) is 10.2 Å². The van der Waals surface area contributed by atoms with E-state index < -0.39 is 5.79 Å². The first-order valence-electron chi connectivity index (χ1n) is 21.8. The molecule has 1 fully saturated rings. The minimum absolute atomic E-state index is 0.0204. The number of rotatable bonds is 21. The number of ether oxygens (including phenoxy) is 3. The minimum Gasteiger partial charge on any atom is -0.493 e. The van der Waals surface area contributed by atoms with E-state index in [1.54, 1.807) is 23.5 Å². The lowest BCUT2D eigenvalue weighted by atomic mass is 9.56. The molecule has 0 radical (unpaired) electrons. The van der Waals surface area contributed by atoms with Crippen LogP contribution in [0.2, 0.25) is 0 Å². The van der Waals surface area contributed by atoms with Gasteiger partial charge < -0.3 is 29.3 Å². The van der Waals surface area contributed by atoms with E-state index in [2.05, 4.69) is 104 Å². The highest BCUT2D eigenvalue weighted by Gasteiger charge is 2.64. The molecule has 2 aliphatic carbocycles. The normalized spacial score (nSPS) is 23.4. The lowest BCUT2D eigenvalue weighted by Gasteiger charge is -2.58. The van der Waals surface area contributed by atoms with Crippen LogP contribution >= 0.6 is 23.5 Å². The van der Waals surface area contributed by atoms with E-state index in [1.807, 2.05) is 36.4 Å². The first-order chi connectivity index (χ1) is 30.1. The zero-order chi connectivity index (χ0) is 41.9. The second kappa shape index (κ2) is 21.0. The van der Waals surface area contributed by atoms with Crippen LogP contribution in [-0.2, 0) is 16.2 Å². The van der Waals surface area contributed by atoms with Crippen LogP contribution in [0, 0.1) is 17.8 Å². The highest BCUT2D eigenvalue weighted by molar-refractivity contribution is 8.00. The molecular formula is C52H57NO6S2. The number of aliphatic hydroxyl groups excluding tert-OH is 2. The zero-order valence-corrected chi connectivity index (χ0v) is 36.4. The number of thioether (sulfide) groups is 2. The quantitative estimate of drug-likeness (QED) is 0.0326. The van der Waals surface area contributed by atoms with Gasteiger partial charge in [0.05, 0.1) is 30.1 Å². The Morgan fingerprint density at radius 1 is 0.803 bits per heavy atom. The van der Waals surface area contributed by atoms with Crippen molar-refractivity contribution < 1.29 is 29.3 Å². The van der Waals surface area contributed by atoms with Crippen molar-refractivity contribution in [2.24, 2.45) is 22.9 Å². The lowest BCUT2D eigenvalue weighted by Crippen LogP contribution is -2.64. The van der Waals surface area contributed by atoms with Gasteiger partial charge in [0.1, 0.15) is 18.1 Å². The summed E-state index contributed by atoms with van der Waals surface area (Å²) in [6.45, 7) is 5.66. The van der Waals surface area contributed by atoms with Crippen LogP contribution in [0.1, 0.15) is 62.0 Å². The highest BCUT2D eigenvalue weighted by atomic mass is 32.2. The molecule has 5 aromatic rings. The predicted octanol–water partition coefficient (Wildman–Crippen LogP) is 11.6. The molecule has 2 N–H and O–H groups in total. The Bertz CT molecular complexity index is 2270. The Morgan fingerprint density at radius 3 is 2.34 bits per heavy atom. The fourth-order valence-corrected chi connectivity index (χ4v) is 11.6. The monoisotopic (exact) mass is 855 g/mol. The molecule has 0 aromatic heterocycles. The largest absolute Gasteiger partial charge is 0.493 e. The number of fused-ring (bicyclic) bond motifs is 3. The third-order valence-electron chi connectivity index (χ3n) is 12.2. The smallest absolute Gasteiger partial charge is 0.231 e. The van der Waals surface area contributed by atoms with Gasteiger partial charge in [0, 0.05) is 46.7 Å². The van der Waals surface area contributed by atoms with Crippen molar-refractivity contribution in [3.05, 3.63) is 157 Å². The van der Waals surface area contributed by atoms with Crippen LogP contribution in [0.5, 0.6) is 11.5 Å². The maximum Gasteiger partial charge on any atom is 0.231 e. The molecule has 1 aliphatic heterocycles. The van der Waals surface area contributed by atoms with Crippen molar-refractivity contribution in [2.75, 3.05) is 32.2 Å². The van der Waals surface area contributed by atoms with Crippen molar-refractivity contribution in [1.82, 2.24) is 0 Å². The molecule has 0 saturated heterocycles. The van der Waals surface area contributed by atoms with Gasteiger partial charge in [0.25, 0.3) is 0 Å². The number of nitrogens with zero attached hydrogens (tertiary/aromatic N) is 1. The average Bonchev–Trinajstić information content (AvgIpc) is 3.30. The minimum atomic E-state index is -1.08. The van der Waals surface area contributed by atoms with Crippen LogP contribution in [0.3, 0.4) is 0 Å². The van der Waals surface area contributed by atoms with E-state index >= 15 is 0 Å². The molecule has 9 heteroatoms. The summed E-state index contributed by atoms with van der Waals surface area (Å²) in [4.78, 5) is 8.62. The summed E-state index contributed by atoms with van der Waals surface area (Å²) >= 11 is 3.57. The van der Waals surface area contributed by atoms with Gasteiger partial charge in [-0.3, -0.25) is 0 Å². The molecule has 5 aromatic carbocycles. The summed E-state index contributed by atoms with van der Waals surface area (Å²) in [7, 11) is 0. The molecule has 0 spiro atoms. The molecule has 3 aliphatic rings. The number of hydrogen-bond donors (Lipinski definition) is 2. The van der Waals surface area contributed by atoms with Crippen molar-refractivity contribution in [3.8, 4) is 11.5 Å². The third kappa shape index (κ3) is 10.1. The first-order valence-corrected chi connectivity index (χ1v) is 23.7. The van der Waals surface area contributed by atoms with Gasteiger partial charge in [0.2, 0.25) is 5.79 Å². The molecule has 6 unspecified atom stereocenters. The van der Waals surface area contributed by atoms with Gasteiger partial charge in [-0.2, -0.15) is 0 Å². The second-order valence-corrected chi connectivity index (χ2v) is 18.6. The Balaban J connectivity index is 1.24. The van der Waals surface area contributed by atoms with E-state index in [-0.39, 0.29) is 42.1 Å². The summed E-state index contributed by atoms with van der Waals surface area (Å²) in [6.07, 6.45) is 9.95. The Morgan fingerprint density at radius 2 is 1.56 bits per heavy atom. The fourth-order valence-electron chi connectivity index (χ4n) is 9.51. The van der Waals surface area contributed by atoms with Gasteiger partial charge in [0.15, 0.2) is 0 Å². The van der Waals surface area contributed by atoms with Gasteiger partial charge in [-0.1, -0.05) is 109 Å². The maximum absolute atomic E-state index is 10.0. The summed E-state index contributed by atoms with van der Waals surface area (Å²) in [5.41, 5.74) is 4.20. The number of aliphatic hydroxyl groups is 2. The lowest BCUT2D eigenvalue weighted by molar-refractivity contribution is -0.223. The number of allylic oxidation sites excluding steroid dienone is 1. The molecule has 1 heterocycles. The molecule has 1 saturated carbocycles. The van der Waals surface area contributed by atoms with Crippen molar-refractivity contribution in [3.63, 3.8) is 0 Å². The van der Waals surface area contributed by atoms with Crippen LogP contribution < -0.4 is 9.47 Å². The first kappa shape index (κ1) is 43.2. The summed E-state index contributed by atoms with van der Waals surface area (Å²) < 4.78 is 21.1. The van der Waals surface area contributed by atoms with Crippen LogP contribution in [0.25, 0.3) is 10.8 Å². The number of benzene rings is 5. The topological polar surface area (TPSA) is 89.7 Å². The standard InChI is InChI=1S/C52H57NO6S2/c1-2-29-57-52-49(61-43-25-23-38-17-9-10-18-39(38)32-43)35-47(53-58-36-37-15-5-3-6-16-37)45-33-40(19-11-13-27-54)44(22-12-14-28-55)50(51(45)52)46-34-41(24-26-48(46)59-52)56-30-31-60-42-20-7-4-8-21-42/h2-10,15-18,20-21,23-26,32-34,40,44,49-51,54-55H,1,11-14,19,22,27-31,35-36H2. The van der Waals surface area contributed by atoms with E-state index in [4.69, 9.17) is 24.2 Å². The average molecular weight is 856 g/mol. The van der Waals surface area contributed by atoms with E-state index in [0.717, 1.165) is 83.1 Å². The molecular weight excluding hydrogens is 799 g/mol. The van der Waals surface area contributed by atoms with Gasteiger partial charge in [-0.05, 0) is 102 Å². The molecule has 318 valence electrons. The molecule has 6 atom stereocenters. The van der Waals surface area contributed by atoms with Crippen molar-refractivity contribution in [2.45, 2.75) is 78.3 Å². The van der Waals surface area contributed by atoms with E-state index in [0.29, 0.717) is 26.2 Å². The maximum atomic E-state index is 10.0.